The van der Waals surface area contributed by atoms with E-state index in [2.05, 4.69) is 25.0 Å². The van der Waals surface area contributed by atoms with Gasteiger partial charge in [-0.15, -0.1) is 0 Å². The van der Waals surface area contributed by atoms with Crippen molar-refractivity contribution in [2.45, 2.75) is 146 Å². The van der Waals surface area contributed by atoms with Crippen molar-refractivity contribution < 1.29 is 74.0 Å². The van der Waals surface area contributed by atoms with Crippen molar-refractivity contribution in [2.24, 2.45) is 0 Å². The van der Waals surface area contributed by atoms with E-state index in [1.54, 1.807) is 93.7 Å². The summed E-state index contributed by atoms with van der Waals surface area (Å²) in [4.78, 5) is 67.6. The number of fused-ring (bicyclic) bond motifs is 6. The minimum absolute atomic E-state index is 0. The smallest absolute Gasteiger partial charge is 0.456 e. The monoisotopic (exact) mass is 1430 g/mol. The maximum Gasteiger partial charge on any atom is 0.456 e. The highest BCUT2D eigenvalue weighted by molar-refractivity contribution is 6.00. The van der Waals surface area contributed by atoms with Gasteiger partial charge in [0.15, 0.2) is 11.5 Å². The van der Waals surface area contributed by atoms with E-state index >= 15 is 0 Å². The van der Waals surface area contributed by atoms with Gasteiger partial charge in [-0.1, -0.05) is 43.3 Å². The SMILES string of the molecule is CC(C)Nc1ncccc1C(=O)N1CCC2(CC1)c1ccc(C(F)(F)F)n1CCN2C.CCC1CN(C)C2(CCN(C(=O)c3ccc(OC(C)C)c(OC)c3)CC2)c2ccc(C(F)(F)F)n21.CN1CCn2c(C(=O)C(F)(F)F)ccc2C12CCN(C(=O)c1ccc(-c3ccccc3)c(F)c1)CC2.[HH]. The van der Waals surface area contributed by atoms with Gasteiger partial charge < -0.3 is 43.2 Å². The number of ketones is 1. The van der Waals surface area contributed by atoms with E-state index in [4.69, 9.17) is 9.47 Å². The number of hydrogen-bond donors (Lipinski definition) is 1. The van der Waals surface area contributed by atoms with Crippen molar-refractivity contribution in [3.8, 4) is 22.6 Å². The lowest BCUT2D eigenvalue weighted by Crippen LogP contribution is -2.57. The lowest BCUT2D eigenvalue weighted by atomic mass is 9.80. The number of halogens is 10. The molecule has 1 unspecified atom stereocenters. The van der Waals surface area contributed by atoms with Crippen LogP contribution >= 0.6 is 0 Å². The average molecular weight is 1430 g/mol. The molecule has 0 aliphatic carbocycles. The van der Waals surface area contributed by atoms with E-state index in [-0.39, 0.29) is 55.1 Å². The molecule has 0 radical (unpaired) electrons. The molecule has 27 heteroatoms. The Bertz CT molecular complexity index is 4180. The first kappa shape index (κ1) is 74.5. The number of nitrogens with one attached hydrogen (secondary N) is 1. The van der Waals surface area contributed by atoms with Gasteiger partial charge in [-0.05, 0) is 178 Å². The molecular weight excluding hydrogens is 1340 g/mol. The summed E-state index contributed by atoms with van der Waals surface area (Å²) >= 11 is 0. The number of piperidine rings is 3. The summed E-state index contributed by atoms with van der Waals surface area (Å²) in [6.07, 6.45) is -8.18. The molecule has 0 saturated carbocycles. The zero-order valence-electron chi connectivity index (χ0n) is 58.7. The molecule has 3 amide bonds. The number of rotatable bonds is 11. The Hall–Kier alpha value is -8.69. The van der Waals surface area contributed by atoms with E-state index < -0.39 is 58.1 Å². The Morgan fingerprint density at radius 1 is 0.569 bits per heavy atom. The molecule has 6 aliphatic rings. The number of hydrogen-bond acceptors (Lipinski definition) is 11. The molecule has 13 rings (SSSR count). The molecule has 3 spiro atoms. The van der Waals surface area contributed by atoms with Gasteiger partial charge >= 0.3 is 18.5 Å². The number of likely N-dealkylation sites (tertiary alicyclic amines) is 3. The fourth-order valence-electron chi connectivity index (χ4n) is 16.0. The number of methoxy groups -OCH3 is 1. The average Bonchev–Trinajstić information content (AvgIpc) is 1.69. The highest BCUT2D eigenvalue weighted by Crippen LogP contribution is 2.49. The second kappa shape index (κ2) is 29.2. The molecular formula is C75H89F10N11O6. The number of pyridine rings is 1. The lowest BCUT2D eigenvalue weighted by molar-refractivity contribution is -0.146. The number of likely N-dealkylation sites (N-methyl/N-ethyl adjacent to an activating group) is 3. The van der Waals surface area contributed by atoms with Crippen LogP contribution in [0.3, 0.4) is 0 Å². The molecule has 1 N–H and O–H groups in total. The van der Waals surface area contributed by atoms with Gasteiger partial charge in [-0.3, -0.25) is 33.9 Å². The number of carbonyl (C=O) groups is 4. The van der Waals surface area contributed by atoms with Crippen molar-refractivity contribution in [3.63, 3.8) is 0 Å². The van der Waals surface area contributed by atoms with Crippen molar-refractivity contribution in [1.29, 1.82) is 0 Å². The minimum Gasteiger partial charge on any atom is -0.493 e. The summed E-state index contributed by atoms with van der Waals surface area (Å²) in [5.41, 5.74) is 1.35. The Kier molecular flexibility index (Phi) is 21.3. The van der Waals surface area contributed by atoms with Crippen LogP contribution in [-0.2, 0) is 42.1 Å². The number of aromatic nitrogens is 4. The summed E-state index contributed by atoms with van der Waals surface area (Å²) < 4.78 is 151. The summed E-state index contributed by atoms with van der Waals surface area (Å²) in [6, 6.07) is 30.6. The van der Waals surface area contributed by atoms with Crippen molar-refractivity contribution in [2.75, 3.05) is 92.5 Å². The van der Waals surface area contributed by atoms with E-state index in [1.165, 1.54) is 45.1 Å². The van der Waals surface area contributed by atoms with Crippen molar-refractivity contribution in [1.82, 2.24) is 48.1 Å². The first-order valence-corrected chi connectivity index (χ1v) is 34.6. The van der Waals surface area contributed by atoms with Crippen LogP contribution in [-0.4, -0.2) is 177 Å². The molecule has 10 heterocycles. The third kappa shape index (κ3) is 14.4. The van der Waals surface area contributed by atoms with Gasteiger partial charge in [0.05, 0.1) is 41.1 Å². The largest absolute Gasteiger partial charge is 0.493 e. The van der Waals surface area contributed by atoms with Crippen LogP contribution < -0.4 is 14.8 Å². The van der Waals surface area contributed by atoms with Crippen LogP contribution in [0.1, 0.15) is 157 Å². The molecule has 102 heavy (non-hydrogen) atoms. The Balaban J connectivity index is 0.000000166. The predicted octanol–water partition coefficient (Wildman–Crippen LogP) is 14.5. The van der Waals surface area contributed by atoms with E-state index in [0.29, 0.717) is 161 Å². The molecule has 4 aromatic heterocycles. The lowest BCUT2D eigenvalue weighted by Gasteiger charge is -2.52. The maximum atomic E-state index is 14.8. The standard InChI is InChI=1S/C27H25F4N3O2.C26H34F3N3O3.C22H28F3N5O.H2/c1-32-15-16-34-22(24(35)27(29,30)31)9-10-23(34)26(32)11-13-33(14-12-26)25(36)19-7-8-20(21(28)17-19)18-5-3-2-4-6-18;1-6-19-16-30(4)25(22-9-10-23(32(19)22)26(27,28)29)11-13-31(14-12-25)24(33)18-7-8-20(35-17(2)3)21(15-18)34-5;1-15(2)27-19-16(5-4-10-26-19)20(31)29-11-8-21(9-12-29)17-6-7-18(22(23,24)25)30(17)14-13-28(21)3;/h2-10,17H,11-16H2,1H3;7-10,15,17,19H,6,11-14,16H2,1-5H3;4-7,10,15H,8-9,11-14H2,1-3H3,(H,26,27);1H. The molecule has 17 nitrogen and oxygen atoms in total. The summed E-state index contributed by atoms with van der Waals surface area (Å²) in [7, 11) is 7.40. The highest BCUT2D eigenvalue weighted by atomic mass is 19.4. The number of amides is 3. The maximum absolute atomic E-state index is 14.8. The Morgan fingerprint density at radius 3 is 1.61 bits per heavy atom. The second-order valence-corrected chi connectivity index (χ2v) is 27.9. The molecule has 3 saturated heterocycles. The first-order valence-electron chi connectivity index (χ1n) is 34.6. The number of alkyl halides is 9. The van der Waals surface area contributed by atoms with E-state index in [9.17, 15) is 63.1 Å². The second-order valence-electron chi connectivity index (χ2n) is 27.9. The van der Waals surface area contributed by atoms with Crippen LogP contribution in [0.4, 0.5) is 49.7 Å². The fourth-order valence-corrected chi connectivity index (χ4v) is 16.0. The molecule has 3 fully saturated rings. The normalized spacial score (nSPS) is 19.0. The molecule has 0 bridgehead atoms. The van der Waals surface area contributed by atoms with Gasteiger partial charge in [0.25, 0.3) is 23.5 Å². The topological polar surface area (TPSA) is 146 Å². The van der Waals surface area contributed by atoms with Crippen LogP contribution in [0, 0.1) is 5.82 Å². The summed E-state index contributed by atoms with van der Waals surface area (Å²) in [5, 5.41) is 3.21. The van der Waals surface area contributed by atoms with E-state index in [1.807, 2.05) is 74.0 Å². The number of ether oxygens (including phenoxy) is 2. The van der Waals surface area contributed by atoms with Gasteiger partial charge in [-0.25, -0.2) is 9.37 Å². The quantitative estimate of drug-likeness (QED) is 0.0975. The summed E-state index contributed by atoms with van der Waals surface area (Å²) in [5.74, 6) is -1.21. The van der Waals surface area contributed by atoms with Crippen LogP contribution in [0.5, 0.6) is 11.5 Å². The van der Waals surface area contributed by atoms with Gasteiger partial charge in [0, 0.05) is 125 Å². The first-order chi connectivity index (χ1) is 48.3. The van der Waals surface area contributed by atoms with E-state index in [0.717, 1.165) is 5.56 Å². The van der Waals surface area contributed by atoms with Gasteiger partial charge in [-0.2, -0.15) is 39.5 Å². The number of anilines is 1. The molecule has 7 aromatic rings. The van der Waals surface area contributed by atoms with Gasteiger partial charge in [0.2, 0.25) is 0 Å². The number of Topliss-reactive ketones (excluding diaryl/α,β-unsaturated/α-hetero) is 1. The molecule has 1 atom stereocenters. The predicted molar refractivity (Wildman–Crippen MR) is 367 cm³/mol. The third-order valence-corrected chi connectivity index (χ3v) is 21.4. The zero-order valence-corrected chi connectivity index (χ0v) is 58.7. The highest BCUT2D eigenvalue weighted by Gasteiger charge is 2.52. The van der Waals surface area contributed by atoms with Crippen LogP contribution in [0.2, 0.25) is 0 Å². The molecule has 3 aromatic carbocycles. The summed E-state index contributed by atoms with van der Waals surface area (Å²) in [6.45, 7) is 14.5. The number of nitrogens with zero attached hydrogens (tertiary/aromatic N) is 10. The van der Waals surface area contributed by atoms with Gasteiger partial charge in [0.1, 0.15) is 23.0 Å². The van der Waals surface area contributed by atoms with Crippen LogP contribution in [0.25, 0.3) is 11.1 Å². The Labute approximate surface area is 588 Å². The van der Waals surface area contributed by atoms with Crippen molar-refractivity contribution >= 4 is 29.3 Å². The van der Waals surface area contributed by atoms with Crippen LogP contribution in [0.15, 0.2) is 121 Å². The fraction of sp³-hybridized carbons (Fsp3) is 0.480. The van der Waals surface area contributed by atoms with Crippen molar-refractivity contribution in [3.05, 3.63) is 178 Å². The number of carbonyl (C=O) groups excluding carboxylic acids is 4. The molecule has 6 aliphatic heterocycles. The zero-order chi connectivity index (χ0) is 73.6. The number of benzene rings is 3. The molecule has 550 valence electrons. The third-order valence-electron chi connectivity index (χ3n) is 21.4. The Morgan fingerprint density at radius 2 is 1.08 bits per heavy atom. The minimum atomic E-state index is -4.94.